The zero-order valence-electron chi connectivity index (χ0n) is 7.80. The topological polar surface area (TPSA) is 26.3 Å². The standard InChI is InChI=1S/C10H16O2/c1-10-4-3-7(5-10)8(6-10)9(11)12-2/h7-8H,3-6H2,1-2H3. The lowest BCUT2D eigenvalue weighted by molar-refractivity contribution is -0.147. The summed E-state index contributed by atoms with van der Waals surface area (Å²) in [5, 5.41) is 0. The summed E-state index contributed by atoms with van der Waals surface area (Å²) in [6.45, 7) is 2.30. The molecule has 2 rings (SSSR count). The van der Waals surface area contributed by atoms with E-state index in [0.29, 0.717) is 11.3 Å². The van der Waals surface area contributed by atoms with Crippen molar-refractivity contribution in [2.75, 3.05) is 7.11 Å². The second-order valence-corrected chi connectivity index (χ2v) is 4.65. The van der Waals surface area contributed by atoms with E-state index in [2.05, 4.69) is 6.92 Å². The molecule has 2 fully saturated rings. The lowest BCUT2D eigenvalue weighted by Gasteiger charge is -2.24. The highest BCUT2D eigenvalue weighted by molar-refractivity contribution is 5.73. The van der Waals surface area contributed by atoms with E-state index in [1.54, 1.807) is 0 Å². The second-order valence-electron chi connectivity index (χ2n) is 4.65. The van der Waals surface area contributed by atoms with Gasteiger partial charge in [-0.3, -0.25) is 4.79 Å². The highest BCUT2D eigenvalue weighted by Gasteiger charge is 2.50. The number of hydrogen-bond donors (Lipinski definition) is 0. The van der Waals surface area contributed by atoms with Crippen LogP contribution in [0.3, 0.4) is 0 Å². The van der Waals surface area contributed by atoms with Gasteiger partial charge in [-0.25, -0.2) is 0 Å². The van der Waals surface area contributed by atoms with Crippen molar-refractivity contribution in [1.29, 1.82) is 0 Å². The van der Waals surface area contributed by atoms with Crippen molar-refractivity contribution in [3.8, 4) is 0 Å². The van der Waals surface area contributed by atoms with Crippen LogP contribution in [0.4, 0.5) is 0 Å². The SMILES string of the molecule is COC(=O)C1CC2(C)CCC1C2. The first-order valence-corrected chi connectivity index (χ1v) is 4.72. The molecule has 0 aromatic heterocycles. The fraction of sp³-hybridized carbons (Fsp3) is 0.900. The summed E-state index contributed by atoms with van der Waals surface area (Å²) in [7, 11) is 1.50. The molecule has 2 saturated carbocycles. The minimum Gasteiger partial charge on any atom is -0.469 e. The van der Waals surface area contributed by atoms with Crippen molar-refractivity contribution < 1.29 is 9.53 Å². The van der Waals surface area contributed by atoms with E-state index in [-0.39, 0.29) is 11.9 Å². The van der Waals surface area contributed by atoms with Crippen LogP contribution in [0.15, 0.2) is 0 Å². The Hall–Kier alpha value is -0.530. The minimum absolute atomic E-state index is 0.0171. The molecule has 2 aliphatic carbocycles. The first-order valence-electron chi connectivity index (χ1n) is 4.72. The van der Waals surface area contributed by atoms with Crippen LogP contribution in [0.25, 0.3) is 0 Å². The Labute approximate surface area is 73.3 Å². The molecular weight excluding hydrogens is 152 g/mol. The number of hydrogen-bond acceptors (Lipinski definition) is 2. The third kappa shape index (κ3) is 1.05. The maximum Gasteiger partial charge on any atom is 0.308 e. The van der Waals surface area contributed by atoms with Crippen LogP contribution in [0.1, 0.15) is 32.6 Å². The summed E-state index contributed by atoms with van der Waals surface area (Å²) in [6.07, 6.45) is 4.85. The molecule has 12 heavy (non-hydrogen) atoms. The molecule has 3 atom stereocenters. The van der Waals surface area contributed by atoms with Crippen LogP contribution >= 0.6 is 0 Å². The van der Waals surface area contributed by atoms with Crippen molar-refractivity contribution in [2.45, 2.75) is 32.6 Å². The molecule has 0 saturated heterocycles. The van der Waals surface area contributed by atoms with Gasteiger partial charge in [0.2, 0.25) is 0 Å². The number of rotatable bonds is 1. The van der Waals surface area contributed by atoms with E-state index in [0.717, 1.165) is 6.42 Å². The van der Waals surface area contributed by atoms with Crippen LogP contribution in [-0.4, -0.2) is 13.1 Å². The monoisotopic (exact) mass is 168 g/mol. The molecular formula is C10H16O2. The van der Waals surface area contributed by atoms with Gasteiger partial charge in [0.25, 0.3) is 0 Å². The fourth-order valence-electron chi connectivity index (χ4n) is 3.02. The van der Waals surface area contributed by atoms with Crippen LogP contribution in [0, 0.1) is 17.3 Å². The van der Waals surface area contributed by atoms with Gasteiger partial charge < -0.3 is 4.74 Å². The largest absolute Gasteiger partial charge is 0.469 e. The lowest BCUT2D eigenvalue weighted by atomic mass is 9.82. The Morgan fingerprint density at radius 2 is 2.25 bits per heavy atom. The average molecular weight is 168 g/mol. The number of carbonyl (C=O) groups excluding carboxylic acids is 1. The number of methoxy groups -OCH3 is 1. The summed E-state index contributed by atoms with van der Waals surface area (Å²) in [5.74, 6) is 0.861. The number of ether oxygens (including phenoxy) is 1. The van der Waals surface area contributed by atoms with Gasteiger partial charge >= 0.3 is 5.97 Å². The van der Waals surface area contributed by atoms with Gasteiger partial charge in [-0.1, -0.05) is 6.92 Å². The van der Waals surface area contributed by atoms with Gasteiger partial charge in [0.05, 0.1) is 13.0 Å². The van der Waals surface area contributed by atoms with Crippen LogP contribution in [-0.2, 0) is 9.53 Å². The molecule has 0 N–H and O–H groups in total. The van der Waals surface area contributed by atoms with Crippen molar-refractivity contribution in [1.82, 2.24) is 0 Å². The molecule has 68 valence electrons. The maximum atomic E-state index is 11.3. The molecule has 0 radical (unpaired) electrons. The predicted octanol–water partition coefficient (Wildman–Crippen LogP) is 1.99. The Morgan fingerprint density at radius 1 is 1.50 bits per heavy atom. The van der Waals surface area contributed by atoms with E-state index in [4.69, 9.17) is 4.74 Å². The quantitative estimate of drug-likeness (QED) is 0.560. The third-order valence-corrected chi connectivity index (χ3v) is 3.66. The van der Waals surface area contributed by atoms with E-state index < -0.39 is 0 Å². The Kier molecular flexibility index (Phi) is 1.67. The first kappa shape index (κ1) is 8.09. The summed E-state index contributed by atoms with van der Waals surface area (Å²) >= 11 is 0. The number of fused-ring (bicyclic) bond motifs is 2. The van der Waals surface area contributed by atoms with Gasteiger partial charge in [0, 0.05) is 0 Å². The first-order chi connectivity index (χ1) is 5.64. The number of carbonyl (C=O) groups is 1. The number of esters is 1. The summed E-state index contributed by atoms with van der Waals surface area (Å²) in [4.78, 5) is 11.3. The second kappa shape index (κ2) is 2.48. The van der Waals surface area contributed by atoms with Crippen molar-refractivity contribution in [3.05, 3.63) is 0 Å². The third-order valence-electron chi connectivity index (χ3n) is 3.66. The molecule has 2 nitrogen and oxygen atoms in total. The van der Waals surface area contributed by atoms with E-state index in [1.165, 1.54) is 26.4 Å². The highest BCUT2D eigenvalue weighted by atomic mass is 16.5. The van der Waals surface area contributed by atoms with Gasteiger partial charge in [-0.05, 0) is 37.0 Å². The van der Waals surface area contributed by atoms with Gasteiger partial charge in [0.1, 0.15) is 0 Å². The zero-order valence-corrected chi connectivity index (χ0v) is 7.80. The smallest absolute Gasteiger partial charge is 0.308 e. The molecule has 0 spiro atoms. The molecule has 0 aliphatic heterocycles. The van der Waals surface area contributed by atoms with Crippen molar-refractivity contribution >= 4 is 5.97 Å². The fourth-order valence-corrected chi connectivity index (χ4v) is 3.02. The zero-order chi connectivity index (χ0) is 8.77. The molecule has 2 bridgehead atoms. The Bertz CT molecular complexity index is 212. The van der Waals surface area contributed by atoms with Crippen LogP contribution in [0.5, 0.6) is 0 Å². The Morgan fingerprint density at radius 3 is 2.67 bits per heavy atom. The van der Waals surface area contributed by atoms with E-state index in [1.807, 2.05) is 0 Å². The minimum atomic E-state index is 0.0171. The molecule has 0 aromatic carbocycles. The molecule has 0 heterocycles. The van der Waals surface area contributed by atoms with Crippen LogP contribution < -0.4 is 0 Å². The summed E-state index contributed by atoms with van der Waals surface area (Å²) in [5.41, 5.74) is 0.462. The van der Waals surface area contributed by atoms with E-state index in [9.17, 15) is 4.79 Å². The van der Waals surface area contributed by atoms with Gasteiger partial charge in [-0.15, -0.1) is 0 Å². The maximum absolute atomic E-state index is 11.3. The van der Waals surface area contributed by atoms with Crippen molar-refractivity contribution in [2.24, 2.45) is 17.3 Å². The summed E-state index contributed by atoms with van der Waals surface area (Å²) < 4.78 is 4.79. The van der Waals surface area contributed by atoms with Crippen molar-refractivity contribution in [3.63, 3.8) is 0 Å². The molecule has 0 amide bonds. The average Bonchev–Trinajstić information content (AvgIpc) is 2.57. The predicted molar refractivity (Wildman–Crippen MR) is 45.6 cm³/mol. The molecule has 0 aromatic rings. The van der Waals surface area contributed by atoms with Gasteiger partial charge in [-0.2, -0.15) is 0 Å². The lowest BCUT2D eigenvalue weighted by Crippen LogP contribution is -2.24. The normalized spacial score (nSPS) is 44.8. The molecule has 2 aliphatic rings. The summed E-state index contributed by atoms with van der Waals surface area (Å²) in [6, 6.07) is 0. The molecule has 3 unspecified atom stereocenters. The van der Waals surface area contributed by atoms with Crippen LogP contribution in [0.2, 0.25) is 0 Å². The highest BCUT2D eigenvalue weighted by Crippen LogP contribution is 2.56. The Balaban J connectivity index is 2.09. The van der Waals surface area contributed by atoms with Gasteiger partial charge in [0.15, 0.2) is 0 Å². The van der Waals surface area contributed by atoms with E-state index >= 15 is 0 Å². The molecule has 2 heteroatoms.